The molecule has 1 rings (SSSR count). The predicted molar refractivity (Wildman–Crippen MR) is 60.6 cm³/mol. The van der Waals surface area contributed by atoms with Crippen LogP contribution >= 0.6 is 15.9 Å². The van der Waals surface area contributed by atoms with Crippen LogP contribution in [0.3, 0.4) is 0 Å². The van der Waals surface area contributed by atoms with Gasteiger partial charge in [0.05, 0.1) is 12.7 Å². The van der Waals surface area contributed by atoms with Gasteiger partial charge in [-0.3, -0.25) is 0 Å². The van der Waals surface area contributed by atoms with Gasteiger partial charge in [-0.1, -0.05) is 40.2 Å². The number of halogens is 1. The predicted octanol–water partition coefficient (Wildman–Crippen LogP) is 2.88. The molecule has 3 heteroatoms. The molecular weight excluding hydrogens is 244 g/mol. The van der Waals surface area contributed by atoms with E-state index in [1.54, 1.807) is 12.1 Å². The summed E-state index contributed by atoms with van der Waals surface area (Å²) in [6, 6.07) is 7.30. The summed E-state index contributed by atoms with van der Waals surface area (Å²) in [5.74, 6) is -0.306. The number of carbonyl (C=O) groups excluding carboxylic acids is 1. The van der Waals surface area contributed by atoms with Crippen LogP contribution in [0.15, 0.2) is 30.3 Å². The van der Waals surface area contributed by atoms with E-state index in [9.17, 15) is 4.79 Å². The van der Waals surface area contributed by atoms with Gasteiger partial charge in [-0.25, -0.2) is 4.79 Å². The molecule has 0 spiro atoms. The van der Waals surface area contributed by atoms with E-state index in [1.807, 2.05) is 24.3 Å². The fourth-order valence-corrected chi connectivity index (χ4v) is 1.25. The van der Waals surface area contributed by atoms with Crippen LogP contribution in [-0.2, 0) is 4.74 Å². The first-order chi connectivity index (χ1) is 6.77. The number of allylic oxidation sites excluding steroid dienone is 1. The van der Waals surface area contributed by atoms with Crippen LogP contribution in [0.4, 0.5) is 0 Å². The minimum atomic E-state index is -0.306. The highest BCUT2D eigenvalue weighted by atomic mass is 79.9. The molecule has 1 aromatic rings. The SMILES string of the molecule is COC(=O)c1cccc(/C=C/CBr)c1. The highest BCUT2D eigenvalue weighted by molar-refractivity contribution is 9.09. The van der Waals surface area contributed by atoms with Crippen molar-refractivity contribution in [3.05, 3.63) is 41.5 Å². The molecule has 0 heterocycles. The van der Waals surface area contributed by atoms with Gasteiger partial charge in [0.2, 0.25) is 0 Å². The molecule has 0 aliphatic heterocycles. The molecule has 0 aliphatic carbocycles. The van der Waals surface area contributed by atoms with Crippen molar-refractivity contribution in [3.63, 3.8) is 0 Å². The lowest BCUT2D eigenvalue weighted by Gasteiger charge is -1.99. The lowest BCUT2D eigenvalue weighted by Crippen LogP contribution is -2.00. The Morgan fingerprint density at radius 1 is 1.57 bits per heavy atom. The van der Waals surface area contributed by atoms with Crippen molar-refractivity contribution in [2.75, 3.05) is 12.4 Å². The molecule has 0 fully saturated rings. The number of carbonyl (C=O) groups is 1. The van der Waals surface area contributed by atoms with Crippen molar-refractivity contribution in [2.45, 2.75) is 0 Å². The first-order valence-corrected chi connectivity index (χ1v) is 5.31. The van der Waals surface area contributed by atoms with E-state index in [1.165, 1.54) is 7.11 Å². The largest absolute Gasteiger partial charge is 0.465 e. The number of benzene rings is 1. The van der Waals surface area contributed by atoms with Gasteiger partial charge in [0.15, 0.2) is 0 Å². The second-order valence-corrected chi connectivity index (χ2v) is 3.32. The Labute approximate surface area is 91.7 Å². The van der Waals surface area contributed by atoms with Gasteiger partial charge in [-0.05, 0) is 17.7 Å². The third-order valence-corrected chi connectivity index (χ3v) is 2.08. The third-order valence-electron chi connectivity index (χ3n) is 1.71. The second kappa shape index (κ2) is 5.60. The molecule has 0 saturated heterocycles. The summed E-state index contributed by atoms with van der Waals surface area (Å²) in [5, 5.41) is 0.801. The molecule has 0 saturated carbocycles. The topological polar surface area (TPSA) is 26.3 Å². The third kappa shape index (κ3) is 3.00. The Balaban J connectivity index is 2.89. The van der Waals surface area contributed by atoms with E-state index < -0.39 is 0 Å². The Kier molecular flexibility index (Phi) is 4.40. The highest BCUT2D eigenvalue weighted by Crippen LogP contribution is 2.08. The van der Waals surface area contributed by atoms with E-state index >= 15 is 0 Å². The first-order valence-electron chi connectivity index (χ1n) is 4.19. The lowest BCUT2D eigenvalue weighted by molar-refractivity contribution is 0.0600. The molecule has 0 unspecified atom stereocenters. The first kappa shape index (κ1) is 11.0. The fourth-order valence-electron chi connectivity index (χ4n) is 1.07. The van der Waals surface area contributed by atoms with E-state index in [0.717, 1.165) is 10.9 Å². The van der Waals surface area contributed by atoms with E-state index in [4.69, 9.17) is 0 Å². The summed E-state index contributed by atoms with van der Waals surface area (Å²) in [7, 11) is 1.38. The molecule has 2 nitrogen and oxygen atoms in total. The van der Waals surface area contributed by atoms with Gasteiger partial charge in [-0.2, -0.15) is 0 Å². The maximum Gasteiger partial charge on any atom is 0.337 e. The van der Waals surface area contributed by atoms with Gasteiger partial charge in [0.25, 0.3) is 0 Å². The molecule has 74 valence electrons. The Hall–Kier alpha value is -1.09. The minimum absolute atomic E-state index is 0.306. The van der Waals surface area contributed by atoms with Gasteiger partial charge in [0, 0.05) is 5.33 Å². The molecule has 0 amide bonds. The summed E-state index contributed by atoms with van der Waals surface area (Å²) >= 11 is 3.29. The van der Waals surface area contributed by atoms with Gasteiger partial charge < -0.3 is 4.74 Å². The molecule has 0 radical (unpaired) electrons. The average molecular weight is 255 g/mol. The number of esters is 1. The minimum Gasteiger partial charge on any atom is -0.465 e. The molecule has 0 bridgehead atoms. The second-order valence-electron chi connectivity index (χ2n) is 2.67. The van der Waals surface area contributed by atoms with Crippen molar-refractivity contribution in [2.24, 2.45) is 0 Å². The van der Waals surface area contributed by atoms with Crippen LogP contribution in [0.1, 0.15) is 15.9 Å². The number of alkyl halides is 1. The van der Waals surface area contributed by atoms with Crippen LogP contribution in [0, 0.1) is 0 Å². The fraction of sp³-hybridized carbons (Fsp3) is 0.182. The smallest absolute Gasteiger partial charge is 0.337 e. The molecule has 0 N–H and O–H groups in total. The number of hydrogen-bond acceptors (Lipinski definition) is 2. The van der Waals surface area contributed by atoms with E-state index in [-0.39, 0.29) is 5.97 Å². The summed E-state index contributed by atoms with van der Waals surface area (Å²) in [4.78, 5) is 11.2. The zero-order valence-corrected chi connectivity index (χ0v) is 9.45. The molecule has 14 heavy (non-hydrogen) atoms. The van der Waals surface area contributed by atoms with Crippen LogP contribution in [0.2, 0.25) is 0 Å². The van der Waals surface area contributed by atoms with Crippen molar-refractivity contribution in [3.8, 4) is 0 Å². The monoisotopic (exact) mass is 254 g/mol. The number of rotatable bonds is 3. The summed E-state index contributed by atoms with van der Waals surface area (Å²) in [5.41, 5.74) is 1.57. The molecular formula is C11H11BrO2. The summed E-state index contributed by atoms with van der Waals surface area (Å²) in [6.07, 6.45) is 3.91. The van der Waals surface area contributed by atoms with Crippen LogP contribution in [0.25, 0.3) is 6.08 Å². The molecule has 0 aliphatic rings. The van der Waals surface area contributed by atoms with E-state index in [2.05, 4.69) is 20.7 Å². The maximum absolute atomic E-state index is 11.2. The van der Waals surface area contributed by atoms with Crippen LogP contribution < -0.4 is 0 Å². The molecule has 0 atom stereocenters. The van der Waals surface area contributed by atoms with E-state index in [0.29, 0.717) is 5.56 Å². The highest BCUT2D eigenvalue weighted by Gasteiger charge is 2.03. The number of methoxy groups -OCH3 is 1. The average Bonchev–Trinajstić information content (AvgIpc) is 2.25. The van der Waals surface area contributed by atoms with Crippen molar-refractivity contribution >= 4 is 28.0 Å². The van der Waals surface area contributed by atoms with Crippen molar-refractivity contribution in [1.82, 2.24) is 0 Å². The van der Waals surface area contributed by atoms with Gasteiger partial charge >= 0.3 is 5.97 Å². The lowest BCUT2D eigenvalue weighted by atomic mass is 10.1. The Morgan fingerprint density at radius 3 is 3.00 bits per heavy atom. The van der Waals surface area contributed by atoms with Gasteiger partial charge in [-0.15, -0.1) is 0 Å². The summed E-state index contributed by atoms with van der Waals surface area (Å²) in [6.45, 7) is 0. The molecule has 1 aromatic carbocycles. The van der Waals surface area contributed by atoms with Crippen molar-refractivity contribution < 1.29 is 9.53 Å². The maximum atomic E-state index is 11.2. The zero-order valence-electron chi connectivity index (χ0n) is 7.87. The summed E-state index contributed by atoms with van der Waals surface area (Å²) < 4.78 is 4.62. The number of ether oxygens (including phenoxy) is 1. The van der Waals surface area contributed by atoms with Crippen molar-refractivity contribution in [1.29, 1.82) is 0 Å². The van der Waals surface area contributed by atoms with Gasteiger partial charge in [0.1, 0.15) is 0 Å². The Morgan fingerprint density at radius 2 is 2.36 bits per heavy atom. The van der Waals surface area contributed by atoms with Crippen LogP contribution in [-0.4, -0.2) is 18.4 Å². The standard InChI is InChI=1S/C11H11BrO2/c1-14-11(13)10-6-2-4-9(8-10)5-3-7-12/h2-6,8H,7H2,1H3/b5-3+. The molecule has 0 aromatic heterocycles. The normalized spacial score (nSPS) is 10.4. The van der Waals surface area contributed by atoms with Crippen LogP contribution in [0.5, 0.6) is 0 Å². The Bertz CT molecular complexity index is 345. The zero-order chi connectivity index (χ0) is 10.4. The quantitative estimate of drug-likeness (QED) is 0.613. The number of hydrogen-bond donors (Lipinski definition) is 0.